The van der Waals surface area contributed by atoms with Gasteiger partial charge in [-0.15, -0.1) is 16.5 Å². The monoisotopic (exact) mass is 498 g/mol. The number of ketones is 1. The fraction of sp³-hybridized carbons (Fsp3) is 0.619. The highest BCUT2D eigenvalue weighted by Gasteiger charge is 2.57. The molecule has 34 heavy (non-hydrogen) atoms. The minimum atomic E-state index is -0.884. The van der Waals surface area contributed by atoms with Gasteiger partial charge in [0.25, 0.3) is 0 Å². The van der Waals surface area contributed by atoms with Crippen LogP contribution in [0.1, 0.15) is 61.7 Å². The van der Waals surface area contributed by atoms with Crippen molar-refractivity contribution in [2.75, 3.05) is 12.3 Å². The van der Waals surface area contributed by atoms with Crippen molar-refractivity contribution >= 4 is 35.5 Å². The Morgan fingerprint density at radius 1 is 1.12 bits per heavy atom. The third kappa shape index (κ3) is 5.51. The number of fused-ring (bicyclic) bond motifs is 1. The van der Waals surface area contributed by atoms with E-state index in [1.165, 1.54) is 11.8 Å². The standard InChI is InChI=1S/C21H30N4O8S/c26-14(12-10-15(27)25(33)18(12)30)6-2-1-5-9-22-19(31)21(8-4-3-7-16(28)29)17-13(11-34-21)23-20(32)24-17/h10,13,17,27,30,33H,1-9,11H2,(H,22,31)(H,28,29)(H2,23,24,32)/t13-,17-,21-/m0/s1. The second kappa shape index (κ2) is 10.9. The van der Waals surface area contributed by atoms with E-state index in [1.807, 2.05) is 0 Å². The smallest absolute Gasteiger partial charge is 0.315 e. The van der Waals surface area contributed by atoms with Crippen LogP contribution in [-0.2, 0) is 9.59 Å². The third-order valence-corrected chi connectivity index (χ3v) is 7.88. The van der Waals surface area contributed by atoms with Gasteiger partial charge in [0.05, 0.1) is 17.6 Å². The molecule has 0 radical (unpaired) electrons. The minimum absolute atomic E-state index is 0.0280. The number of carboxylic acids is 1. The molecule has 0 spiro atoms. The zero-order valence-electron chi connectivity index (χ0n) is 18.6. The van der Waals surface area contributed by atoms with Crippen molar-refractivity contribution in [3.63, 3.8) is 0 Å². The molecule has 0 saturated carbocycles. The normalized spacial score (nSPS) is 23.2. The molecule has 3 amide bonds. The van der Waals surface area contributed by atoms with E-state index in [1.54, 1.807) is 0 Å². The number of thioether (sulfide) groups is 1. The van der Waals surface area contributed by atoms with Gasteiger partial charge in [0.1, 0.15) is 4.75 Å². The number of aromatic hydroxyl groups is 2. The molecule has 0 aromatic carbocycles. The molecular formula is C21H30N4O8S. The summed E-state index contributed by atoms with van der Waals surface area (Å²) in [6, 6.07) is 0.170. The van der Waals surface area contributed by atoms with E-state index in [9.17, 15) is 34.6 Å². The number of amides is 3. The summed E-state index contributed by atoms with van der Waals surface area (Å²) in [4.78, 5) is 47.9. The lowest BCUT2D eigenvalue weighted by Gasteiger charge is -2.32. The average Bonchev–Trinajstić information content (AvgIpc) is 3.41. The predicted molar refractivity (Wildman–Crippen MR) is 121 cm³/mol. The van der Waals surface area contributed by atoms with E-state index in [0.717, 1.165) is 6.07 Å². The fourth-order valence-corrected chi connectivity index (χ4v) is 6.06. The topological polar surface area (TPSA) is 190 Å². The molecule has 0 aliphatic carbocycles. The Morgan fingerprint density at radius 3 is 2.53 bits per heavy atom. The molecular weight excluding hydrogens is 468 g/mol. The van der Waals surface area contributed by atoms with E-state index in [-0.39, 0.29) is 47.2 Å². The minimum Gasteiger partial charge on any atom is -0.492 e. The predicted octanol–water partition coefficient (Wildman–Crippen LogP) is 1.18. The van der Waals surface area contributed by atoms with E-state index in [2.05, 4.69) is 16.0 Å². The van der Waals surface area contributed by atoms with Gasteiger partial charge >= 0.3 is 12.0 Å². The molecule has 2 aliphatic heterocycles. The van der Waals surface area contributed by atoms with Crippen molar-refractivity contribution in [3.05, 3.63) is 11.6 Å². The molecule has 0 unspecified atom stereocenters. The van der Waals surface area contributed by atoms with Crippen molar-refractivity contribution in [3.8, 4) is 11.8 Å². The van der Waals surface area contributed by atoms with Crippen molar-refractivity contribution in [2.45, 2.75) is 68.2 Å². The number of carboxylic acid groups (broad SMARTS) is 1. The van der Waals surface area contributed by atoms with Gasteiger partial charge < -0.3 is 36.5 Å². The van der Waals surface area contributed by atoms with Gasteiger partial charge in [-0.1, -0.05) is 12.8 Å². The number of carbonyl (C=O) groups excluding carboxylic acids is 3. The highest BCUT2D eigenvalue weighted by molar-refractivity contribution is 8.01. The maximum Gasteiger partial charge on any atom is 0.315 e. The lowest BCUT2D eigenvalue weighted by atomic mass is 9.88. The lowest BCUT2D eigenvalue weighted by Crippen LogP contribution is -2.56. The molecule has 13 heteroatoms. The Balaban J connectivity index is 1.46. The Kier molecular flexibility index (Phi) is 8.18. The summed E-state index contributed by atoms with van der Waals surface area (Å²) < 4.78 is -0.733. The highest BCUT2D eigenvalue weighted by Crippen LogP contribution is 2.44. The number of unbranched alkanes of at least 4 members (excludes halogenated alkanes) is 3. The summed E-state index contributed by atoms with van der Waals surface area (Å²) in [6.45, 7) is 0.377. The van der Waals surface area contributed by atoms with Gasteiger partial charge in [-0.2, -0.15) is 0 Å². The lowest BCUT2D eigenvalue weighted by molar-refractivity contribution is -0.137. The first-order chi connectivity index (χ1) is 16.2. The van der Waals surface area contributed by atoms with Crippen molar-refractivity contribution in [1.82, 2.24) is 20.7 Å². The van der Waals surface area contributed by atoms with Gasteiger partial charge in [-0.25, -0.2) is 4.79 Å². The number of nitrogens with zero attached hydrogens (tertiary/aromatic N) is 1. The molecule has 3 heterocycles. The molecule has 188 valence electrons. The molecule has 2 saturated heterocycles. The molecule has 3 atom stereocenters. The molecule has 1 aromatic rings. The first-order valence-electron chi connectivity index (χ1n) is 11.2. The largest absolute Gasteiger partial charge is 0.492 e. The van der Waals surface area contributed by atoms with Gasteiger partial charge in [0.2, 0.25) is 17.7 Å². The summed E-state index contributed by atoms with van der Waals surface area (Å²) in [5.41, 5.74) is -0.154. The molecule has 0 bridgehead atoms. The van der Waals surface area contributed by atoms with Crippen LogP contribution >= 0.6 is 11.8 Å². The van der Waals surface area contributed by atoms with Crippen LogP contribution in [0.25, 0.3) is 0 Å². The second-order valence-corrected chi connectivity index (χ2v) is 9.90. The Hall–Kier alpha value is -3.09. The number of rotatable bonds is 13. The van der Waals surface area contributed by atoms with Crippen LogP contribution in [0, 0.1) is 0 Å². The number of hydrogen-bond acceptors (Lipinski definition) is 8. The molecule has 2 aliphatic rings. The molecule has 1 aromatic heterocycles. The van der Waals surface area contributed by atoms with E-state index in [0.29, 0.717) is 50.8 Å². The number of aromatic nitrogens is 1. The van der Waals surface area contributed by atoms with Crippen LogP contribution in [0.15, 0.2) is 6.07 Å². The van der Waals surface area contributed by atoms with E-state index < -0.39 is 28.3 Å². The van der Waals surface area contributed by atoms with Crippen LogP contribution in [0.5, 0.6) is 11.8 Å². The van der Waals surface area contributed by atoms with Crippen LogP contribution < -0.4 is 16.0 Å². The van der Waals surface area contributed by atoms with Gasteiger partial charge in [0.15, 0.2) is 5.78 Å². The van der Waals surface area contributed by atoms with Crippen LogP contribution in [0.2, 0.25) is 0 Å². The van der Waals surface area contributed by atoms with Crippen LogP contribution in [0.4, 0.5) is 4.79 Å². The molecule has 7 N–H and O–H groups in total. The summed E-state index contributed by atoms with van der Waals surface area (Å²) in [7, 11) is 0. The summed E-state index contributed by atoms with van der Waals surface area (Å²) in [6.07, 6.45) is 3.31. The Bertz CT molecular complexity index is 951. The third-order valence-electron chi connectivity index (χ3n) is 6.20. The van der Waals surface area contributed by atoms with Crippen LogP contribution in [-0.4, -0.2) is 78.1 Å². The maximum absolute atomic E-state index is 13.2. The molecule has 2 fully saturated rings. The number of hydrogen-bond donors (Lipinski definition) is 7. The fourth-order valence-electron chi connectivity index (χ4n) is 4.41. The average molecular weight is 499 g/mol. The van der Waals surface area contributed by atoms with Gasteiger partial charge in [-0.05, 0) is 25.7 Å². The first-order valence-corrected chi connectivity index (χ1v) is 12.2. The summed E-state index contributed by atoms with van der Waals surface area (Å²) >= 11 is 1.48. The SMILES string of the molecule is O=C(O)CCCC[C@]1(C(=O)NCCCCCC(=O)c2cc(O)n(O)c2O)SC[C@@H]2NC(=O)N[C@@H]21. The van der Waals surface area contributed by atoms with Crippen molar-refractivity contribution < 1.29 is 39.7 Å². The number of carbonyl (C=O) groups is 4. The summed E-state index contributed by atoms with van der Waals surface area (Å²) in [5.74, 6) is -2.22. The number of nitrogens with one attached hydrogen (secondary N) is 3. The highest BCUT2D eigenvalue weighted by atomic mass is 32.2. The van der Waals surface area contributed by atoms with Gasteiger partial charge in [0, 0.05) is 31.2 Å². The number of Topliss-reactive ketones (excluding diaryl/α,β-unsaturated/α-hetero) is 1. The van der Waals surface area contributed by atoms with Gasteiger partial charge in [-0.3, -0.25) is 14.4 Å². The zero-order valence-corrected chi connectivity index (χ0v) is 19.4. The first kappa shape index (κ1) is 25.5. The number of urea groups is 1. The molecule has 3 rings (SSSR count). The second-order valence-electron chi connectivity index (χ2n) is 8.54. The van der Waals surface area contributed by atoms with Crippen LogP contribution in [0.3, 0.4) is 0 Å². The Morgan fingerprint density at radius 2 is 1.85 bits per heavy atom. The Labute approximate surface area is 200 Å². The number of aliphatic carboxylic acids is 1. The molecule has 12 nitrogen and oxygen atoms in total. The van der Waals surface area contributed by atoms with Crippen molar-refractivity contribution in [2.24, 2.45) is 0 Å². The van der Waals surface area contributed by atoms with E-state index >= 15 is 0 Å². The van der Waals surface area contributed by atoms with Crippen molar-refractivity contribution in [1.29, 1.82) is 0 Å². The zero-order chi connectivity index (χ0) is 24.9. The maximum atomic E-state index is 13.2. The summed E-state index contributed by atoms with van der Waals surface area (Å²) in [5, 5.41) is 45.8. The quantitative estimate of drug-likeness (QED) is 0.0905. The van der Waals surface area contributed by atoms with E-state index in [4.69, 9.17) is 5.11 Å².